The molecule has 2 N–H and O–H groups in total. The highest BCUT2D eigenvalue weighted by atomic mass is 32.2. The van der Waals surface area contributed by atoms with Crippen LogP contribution in [0.15, 0.2) is 47.8 Å². The van der Waals surface area contributed by atoms with Crippen molar-refractivity contribution >= 4 is 26.7 Å². The van der Waals surface area contributed by atoms with Gasteiger partial charge in [-0.05, 0) is 43.5 Å². The molecule has 0 aliphatic carbocycles. The van der Waals surface area contributed by atoms with Gasteiger partial charge in [-0.3, -0.25) is 4.90 Å². The van der Waals surface area contributed by atoms with Gasteiger partial charge in [-0.25, -0.2) is 18.4 Å². The quantitative estimate of drug-likeness (QED) is 0.685. The molecule has 2 aromatic heterocycles. The molecule has 1 saturated heterocycles. The second kappa shape index (κ2) is 7.52. The van der Waals surface area contributed by atoms with E-state index in [-0.39, 0.29) is 6.04 Å². The minimum absolute atomic E-state index is 0.255. The van der Waals surface area contributed by atoms with Crippen molar-refractivity contribution in [2.24, 2.45) is 0 Å². The molecule has 7 nitrogen and oxygen atoms in total. The molecule has 1 atom stereocenters. The number of H-pyrrole nitrogens is 1. The molecule has 4 rings (SSSR count). The summed E-state index contributed by atoms with van der Waals surface area (Å²) in [7, 11) is -3.15. The molecule has 1 aliphatic rings. The van der Waals surface area contributed by atoms with E-state index in [2.05, 4.69) is 32.1 Å². The second-order valence-electron chi connectivity index (χ2n) is 7.43. The standard InChI is InChI=1S/C20H25N5O2S/c1-14(15-3-5-17(6-4-15)28(2,26)27)25-11-8-16(9-12-25)24-20-18-7-10-21-19(18)22-13-23-20/h3-7,10,13-14,16H,8-9,11-12H2,1-2H3,(H2,21,22,23,24)/t14-/m0/s1. The molecular weight excluding hydrogens is 374 g/mol. The summed E-state index contributed by atoms with van der Waals surface area (Å²) in [5.41, 5.74) is 1.99. The van der Waals surface area contributed by atoms with E-state index in [1.54, 1.807) is 18.5 Å². The van der Waals surface area contributed by atoms with Crippen LogP contribution in [0.5, 0.6) is 0 Å². The number of piperidine rings is 1. The van der Waals surface area contributed by atoms with Crippen LogP contribution in [0, 0.1) is 0 Å². The van der Waals surface area contributed by atoms with Crippen LogP contribution in [0.4, 0.5) is 5.82 Å². The van der Waals surface area contributed by atoms with Crippen molar-refractivity contribution < 1.29 is 8.42 Å². The van der Waals surface area contributed by atoms with Crippen LogP contribution in [0.3, 0.4) is 0 Å². The first kappa shape index (κ1) is 18.9. The van der Waals surface area contributed by atoms with E-state index in [1.165, 1.54) is 6.26 Å². The molecule has 8 heteroatoms. The maximum absolute atomic E-state index is 11.6. The van der Waals surface area contributed by atoms with Crippen LogP contribution in [0.1, 0.15) is 31.4 Å². The first-order valence-corrected chi connectivity index (χ1v) is 11.4. The summed E-state index contributed by atoms with van der Waals surface area (Å²) in [5.74, 6) is 0.883. The van der Waals surface area contributed by atoms with Gasteiger partial charge in [0.1, 0.15) is 17.8 Å². The van der Waals surface area contributed by atoms with E-state index in [1.807, 2.05) is 24.4 Å². The first-order chi connectivity index (χ1) is 13.4. The van der Waals surface area contributed by atoms with E-state index >= 15 is 0 Å². The van der Waals surface area contributed by atoms with Gasteiger partial charge in [-0.15, -0.1) is 0 Å². The zero-order chi connectivity index (χ0) is 19.7. The Balaban J connectivity index is 1.38. The number of aromatic amines is 1. The molecule has 0 radical (unpaired) electrons. The fourth-order valence-corrected chi connectivity index (χ4v) is 4.45. The number of rotatable bonds is 5. The SMILES string of the molecule is C[C@@H](c1ccc(S(C)(=O)=O)cc1)N1CCC(Nc2ncnc3[nH]ccc23)CC1. The Labute approximate surface area is 165 Å². The third kappa shape index (κ3) is 3.88. The fourth-order valence-electron chi connectivity index (χ4n) is 3.82. The van der Waals surface area contributed by atoms with Crippen LogP contribution in [0.25, 0.3) is 11.0 Å². The second-order valence-corrected chi connectivity index (χ2v) is 9.45. The average molecular weight is 400 g/mol. The van der Waals surface area contributed by atoms with Crippen LogP contribution in [-0.4, -0.2) is 53.7 Å². The molecule has 3 aromatic rings. The summed E-state index contributed by atoms with van der Waals surface area (Å²) < 4.78 is 23.3. The number of nitrogens with zero attached hydrogens (tertiary/aromatic N) is 3. The molecule has 0 saturated carbocycles. The summed E-state index contributed by atoms with van der Waals surface area (Å²) >= 11 is 0. The summed E-state index contributed by atoms with van der Waals surface area (Å²) in [6, 6.07) is 9.88. The van der Waals surface area contributed by atoms with Crippen molar-refractivity contribution in [1.82, 2.24) is 19.9 Å². The van der Waals surface area contributed by atoms with Gasteiger partial charge in [0, 0.05) is 37.6 Å². The number of fused-ring (bicyclic) bond motifs is 1. The lowest BCUT2D eigenvalue weighted by Gasteiger charge is -2.36. The summed E-state index contributed by atoms with van der Waals surface area (Å²) in [5, 5.41) is 4.59. The highest BCUT2D eigenvalue weighted by molar-refractivity contribution is 7.90. The molecule has 0 bridgehead atoms. The monoisotopic (exact) mass is 399 g/mol. The fraction of sp³-hybridized carbons (Fsp3) is 0.400. The van der Waals surface area contributed by atoms with Gasteiger partial charge in [-0.1, -0.05) is 12.1 Å². The Hall–Kier alpha value is -2.45. The number of benzene rings is 1. The van der Waals surface area contributed by atoms with Crippen molar-refractivity contribution in [2.45, 2.75) is 36.7 Å². The predicted molar refractivity (Wildman–Crippen MR) is 110 cm³/mol. The van der Waals surface area contributed by atoms with Crippen molar-refractivity contribution in [3.05, 3.63) is 48.4 Å². The Morgan fingerprint density at radius 1 is 1.14 bits per heavy atom. The average Bonchev–Trinajstić information content (AvgIpc) is 3.17. The Bertz CT molecular complexity index is 1050. The van der Waals surface area contributed by atoms with Gasteiger partial charge in [-0.2, -0.15) is 0 Å². The van der Waals surface area contributed by atoms with Gasteiger partial charge in [0.15, 0.2) is 9.84 Å². The molecule has 1 aromatic carbocycles. The van der Waals surface area contributed by atoms with E-state index in [0.717, 1.165) is 48.3 Å². The summed E-state index contributed by atoms with van der Waals surface area (Å²) in [6.45, 7) is 4.14. The molecule has 3 heterocycles. The van der Waals surface area contributed by atoms with Crippen LogP contribution in [0.2, 0.25) is 0 Å². The molecule has 1 aliphatic heterocycles. The van der Waals surface area contributed by atoms with Crippen molar-refractivity contribution in [3.63, 3.8) is 0 Å². The number of nitrogens with one attached hydrogen (secondary N) is 2. The predicted octanol–water partition coefficient (Wildman–Crippen LogP) is 3.00. The number of sulfone groups is 1. The minimum Gasteiger partial charge on any atom is -0.367 e. The van der Waals surface area contributed by atoms with E-state index in [9.17, 15) is 8.42 Å². The van der Waals surface area contributed by atoms with Crippen molar-refractivity contribution in [3.8, 4) is 0 Å². The molecule has 148 valence electrons. The van der Waals surface area contributed by atoms with Gasteiger partial charge in [0.2, 0.25) is 0 Å². The summed E-state index contributed by atoms with van der Waals surface area (Å²) in [6.07, 6.45) is 6.76. The molecular formula is C20H25N5O2S. The lowest BCUT2D eigenvalue weighted by Crippen LogP contribution is -2.40. The first-order valence-electron chi connectivity index (χ1n) is 9.50. The van der Waals surface area contributed by atoms with Gasteiger partial charge in [0.05, 0.1) is 10.3 Å². The zero-order valence-electron chi connectivity index (χ0n) is 16.1. The summed E-state index contributed by atoms with van der Waals surface area (Å²) in [4.78, 5) is 14.6. The number of anilines is 1. The zero-order valence-corrected chi connectivity index (χ0v) is 16.9. The van der Waals surface area contributed by atoms with Gasteiger partial charge >= 0.3 is 0 Å². The van der Waals surface area contributed by atoms with Crippen molar-refractivity contribution in [2.75, 3.05) is 24.7 Å². The van der Waals surface area contributed by atoms with Gasteiger partial charge < -0.3 is 10.3 Å². The highest BCUT2D eigenvalue weighted by Crippen LogP contribution is 2.27. The lowest BCUT2D eigenvalue weighted by molar-refractivity contribution is 0.167. The molecule has 0 unspecified atom stereocenters. The molecule has 0 spiro atoms. The topological polar surface area (TPSA) is 91.0 Å². The third-order valence-electron chi connectivity index (χ3n) is 5.56. The molecule has 1 fully saturated rings. The normalized spacial score (nSPS) is 17.6. The number of aromatic nitrogens is 3. The Kier molecular flexibility index (Phi) is 5.07. The maximum Gasteiger partial charge on any atom is 0.175 e. The van der Waals surface area contributed by atoms with E-state index in [4.69, 9.17) is 0 Å². The highest BCUT2D eigenvalue weighted by Gasteiger charge is 2.24. The Morgan fingerprint density at radius 3 is 2.54 bits per heavy atom. The maximum atomic E-state index is 11.6. The van der Waals surface area contributed by atoms with Crippen LogP contribution in [-0.2, 0) is 9.84 Å². The third-order valence-corrected chi connectivity index (χ3v) is 6.69. The van der Waals surface area contributed by atoms with E-state index < -0.39 is 9.84 Å². The molecule has 28 heavy (non-hydrogen) atoms. The number of likely N-dealkylation sites (tertiary alicyclic amines) is 1. The van der Waals surface area contributed by atoms with Crippen LogP contribution >= 0.6 is 0 Å². The molecule has 0 amide bonds. The minimum atomic E-state index is -3.15. The Morgan fingerprint density at radius 2 is 1.86 bits per heavy atom. The lowest BCUT2D eigenvalue weighted by atomic mass is 10.00. The van der Waals surface area contributed by atoms with Crippen molar-refractivity contribution in [1.29, 1.82) is 0 Å². The van der Waals surface area contributed by atoms with Crippen LogP contribution < -0.4 is 5.32 Å². The van der Waals surface area contributed by atoms with Gasteiger partial charge in [0.25, 0.3) is 0 Å². The smallest absolute Gasteiger partial charge is 0.175 e. The van der Waals surface area contributed by atoms with E-state index in [0.29, 0.717) is 10.9 Å². The largest absolute Gasteiger partial charge is 0.367 e. The number of hydrogen-bond acceptors (Lipinski definition) is 6. The number of hydrogen-bond donors (Lipinski definition) is 2.